The number of para-hydroxylation sites is 2. The number of rotatable bonds is 5. The summed E-state index contributed by atoms with van der Waals surface area (Å²) in [5.41, 5.74) is 15.7. The van der Waals surface area contributed by atoms with Crippen LogP contribution < -0.4 is 10.2 Å². The summed E-state index contributed by atoms with van der Waals surface area (Å²) >= 11 is 0. The lowest BCUT2D eigenvalue weighted by molar-refractivity contribution is 0.794. The molecule has 0 saturated heterocycles. The van der Waals surface area contributed by atoms with Crippen LogP contribution in [0.4, 0.5) is 28.4 Å². The summed E-state index contributed by atoms with van der Waals surface area (Å²) < 4.78 is 0. The van der Waals surface area contributed by atoms with E-state index < -0.39 is 0 Å². The molecule has 7 aromatic rings. The molecule has 0 aliphatic heterocycles. The van der Waals surface area contributed by atoms with Crippen molar-refractivity contribution in [2.75, 3.05) is 10.2 Å². The third-order valence-corrected chi connectivity index (χ3v) is 9.43. The molecule has 1 N–H and O–H groups in total. The van der Waals surface area contributed by atoms with Crippen LogP contribution in [0.5, 0.6) is 0 Å². The molecule has 212 valence electrons. The highest BCUT2D eigenvalue weighted by molar-refractivity contribution is 5.99. The Balaban J connectivity index is 1.21. The molecule has 0 amide bonds. The van der Waals surface area contributed by atoms with Crippen molar-refractivity contribution in [2.45, 2.75) is 5.41 Å². The van der Waals surface area contributed by atoms with Crippen LogP contribution in [0.2, 0.25) is 0 Å². The highest BCUT2D eigenvalue weighted by Gasteiger charge is 2.51. The van der Waals surface area contributed by atoms with Crippen LogP contribution in [0, 0.1) is 0 Å². The average molecular weight is 575 g/mol. The monoisotopic (exact) mass is 574 g/mol. The molecule has 0 unspecified atom stereocenters. The minimum absolute atomic E-state index is 0.351. The van der Waals surface area contributed by atoms with Crippen LogP contribution in [0.1, 0.15) is 22.3 Å². The fourth-order valence-electron chi connectivity index (χ4n) is 7.73. The second kappa shape index (κ2) is 10.1. The van der Waals surface area contributed by atoms with Crippen molar-refractivity contribution in [3.8, 4) is 22.3 Å². The second-order valence-corrected chi connectivity index (χ2v) is 11.8. The summed E-state index contributed by atoms with van der Waals surface area (Å²) in [5.74, 6) is 0. The predicted molar refractivity (Wildman–Crippen MR) is 187 cm³/mol. The van der Waals surface area contributed by atoms with Crippen molar-refractivity contribution < 1.29 is 0 Å². The summed E-state index contributed by atoms with van der Waals surface area (Å²) in [7, 11) is 0. The van der Waals surface area contributed by atoms with Crippen LogP contribution in [0.25, 0.3) is 22.3 Å². The third-order valence-electron chi connectivity index (χ3n) is 9.43. The maximum atomic E-state index is 3.87. The van der Waals surface area contributed by atoms with Gasteiger partial charge in [-0.25, -0.2) is 0 Å². The second-order valence-electron chi connectivity index (χ2n) is 11.8. The summed E-state index contributed by atoms with van der Waals surface area (Å²) in [6, 6.07) is 63.5. The predicted octanol–water partition coefficient (Wildman–Crippen LogP) is 11.2. The van der Waals surface area contributed by atoms with Crippen LogP contribution in [-0.4, -0.2) is 0 Å². The van der Waals surface area contributed by atoms with Crippen LogP contribution in [0.3, 0.4) is 0 Å². The smallest absolute Gasteiger partial charge is 0.0726 e. The molecule has 2 aliphatic rings. The maximum Gasteiger partial charge on any atom is 0.0726 e. The van der Waals surface area contributed by atoms with Crippen molar-refractivity contribution in [3.63, 3.8) is 0 Å². The standard InChI is InChI=1S/C43H30N2/c1-3-16-31(17-4-1)45(32-18-5-2-6-19-32)33-20-13-15-30(29-33)44-41-28-14-27-40-42(41)36-23-9-12-26-39(36)43(40)37-24-10-7-21-34(37)35-22-8-11-25-38(35)43/h1-29,44H. The normalized spacial score (nSPS) is 13.1. The number of nitrogens with zero attached hydrogens (tertiary/aromatic N) is 1. The van der Waals surface area contributed by atoms with Gasteiger partial charge in [0, 0.05) is 34.0 Å². The first-order valence-corrected chi connectivity index (χ1v) is 15.5. The molecule has 2 aliphatic carbocycles. The van der Waals surface area contributed by atoms with Gasteiger partial charge < -0.3 is 10.2 Å². The van der Waals surface area contributed by atoms with E-state index >= 15 is 0 Å². The van der Waals surface area contributed by atoms with Gasteiger partial charge in [-0.05, 0) is 87.5 Å². The Hall–Kier alpha value is -5.86. The van der Waals surface area contributed by atoms with Gasteiger partial charge >= 0.3 is 0 Å². The first kappa shape index (κ1) is 25.6. The summed E-state index contributed by atoms with van der Waals surface area (Å²) in [5, 5.41) is 3.87. The van der Waals surface area contributed by atoms with E-state index in [1.807, 2.05) is 0 Å². The molecular weight excluding hydrogens is 544 g/mol. The lowest BCUT2D eigenvalue weighted by Crippen LogP contribution is -2.25. The van der Waals surface area contributed by atoms with Gasteiger partial charge in [-0.3, -0.25) is 0 Å². The minimum atomic E-state index is -0.351. The van der Waals surface area contributed by atoms with E-state index in [1.165, 1.54) is 44.5 Å². The van der Waals surface area contributed by atoms with Crippen LogP contribution >= 0.6 is 0 Å². The zero-order chi connectivity index (χ0) is 29.8. The number of benzene rings is 7. The first-order valence-electron chi connectivity index (χ1n) is 15.5. The highest BCUT2D eigenvalue weighted by Crippen LogP contribution is 2.63. The lowest BCUT2D eigenvalue weighted by atomic mass is 9.70. The van der Waals surface area contributed by atoms with E-state index in [1.54, 1.807) is 0 Å². The quantitative estimate of drug-likeness (QED) is 0.220. The lowest BCUT2D eigenvalue weighted by Gasteiger charge is -2.30. The number of anilines is 5. The van der Waals surface area contributed by atoms with Gasteiger partial charge in [0.25, 0.3) is 0 Å². The number of nitrogens with one attached hydrogen (secondary N) is 1. The highest BCUT2D eigenvalue weighted by atomic mass is 15.1. The Labute approximate surface area is 263 Å². The molecule has 0 radical (unpaired) electrons. The molecule has 0 fully saturated rings. The summed E-state index contributed by atoms with van der Waals surface area (Å²) in [4.78, 5) is 2.30. The van der Waals surface area contributed by atoms with E-state index in [2.05, 4.69) is 186 Å². The van der Waals surface area contributed by atoms with Gasteiger partial charge in [0.05, 0.1) is 5.41 Å². The Bertz CT molecular complexity index is 2120. The van der Waals surface area contributed by atoms with Crippen molar-refractivity contribution in [2.24, 2.45) is 0 Å². The van der Waals surface area contributed by atoms with E-state index in [9.17, 15) is 0 Å². The van der Waals surface area contributed by atoms with E-state index in [0.717, 1.165) is 28.4 Å². The number of hydrogen-bond acceptors (Lipinski definition) is 2. The van der Waals surface area contributed by atoms with E-state index in [0.29, 0.717) is 0 Å². The molecule has 0 atom stereocenters. The largest absolute Gasteiger partial charge is 0.355 e. The van der Waals surface area contributed by atoms with Gasteiger partial charge in [0.15, 0.2) is 0 Å². The van der Waals surface area contributed by atoms with Crippen molar-refractivity contribution >= 4 is 28.4 Å². The van der Waals surface area contributed by atoms with Gasteiger partial charge in [-0.2, -0.15) is 0 Å². The molecule has 2 heteroatoms. The topological polar surface area (TPSA) is 15.3 Å². The molecule has 0 aromatic heterocycles. The van der Waals surface area contributed by atoms with Gasteiger partial charge in [0.2, 0.25) is 0 Å². The van der Waals surface area contributed by atoms with Gasteiger partial charge in [-0.1, -0.05) is 127 Å². The molecule has 2 nitrogen and oxygen atoms in total. The first-order chi connectivity index (χ1) is 22.3. The Morgan fingerprint density at radius 3 is 1.47 bits per heavy atom. The van der Waals surface area contributed by atoms with Crippen molar-refractivity contribution in [1.82, 2.24) is 0 Å². The van der Waals surface area contributed by atoms with Crippen LogP contribution in [0.15, 0.2) is 176 Å². The molecule has 0 heterocycles. The minimum Gasteiger partial charge on any atom is -0.355 e. The molecule has 9 rings (SSSR count). The third kappa shape index (κ3) is 3.76. The fourth-order valence-corrected chi connectivity index (χ4v) is 7.73. The number of fused-ring (bicyclic) bond motifs is 10. The van der Waals surface area contributed by atoms with E-state index in [4.69, 9.17) is 0 Å². The molecule has 0 bridgehead atoms. The molecule has 45 heavy (non-hydrogen) atoms. The molecule has 1 spiro atoms. The Kier molecular flexibility index (Phi) is 5.76. The SMILES string of the molecule is c1ccc(N(c2ccccc2)c2cccc(Nc3cccc4c3-c3ccccc3C43c4ccccc4-c4ccccc43)c2)cc1. The molecule has 7 aromatic carbocycles. The van der Waals surface area contributed by atoms with Crippen molar-refractivity contribution in [1.29, 1.82) is 0 Å². The number of hydrogen-bond donors (Lipinski definition) is 1. The summed E-state index contributed by atoms with van der Waals surface area (Å²) in [6.45, 7) is 0. The fraction of sp³-hybridized carbons (Fsp3) is 0.0233. The average Bonchev–Trinajstić information content (AvgIpc) is 3.58. The van der Waals surface area contributed by atoms with Gasteiger partial charge in [-0.15, -0.1) is 0 Å². The van der Waals surface area contributed by atoms with E-state index in [-0.39, 0.29) is 5.41 Å². The Morgan fingerprint density at radius 2 is 0.844 bits per heavy atom. The van der Waals surface area contributed by atoms with Gasteiger partial charge in [0.1, 0.15) is 0 Å². The molecular formula is C43H30N2. The maximum absolute atomic E-state index is 3.87. The van der Waals surface area contributed by atoms with Crippen molar-refractivity contribution in [3.05, 3.63) is 198 Å². The molecule has 0 saturated carbocycles. The zero-order valence-corrected chi connectivity index (χ0v) is 24.7. The zero-order valence-electron chi connectivity index (χ0n) is 24.7. The summed E-state index contributed by atoms with van der Waals surface area (Å²) in [6.07, 6.45) is 0. The Morgan fingerprint density at radius 1 is 0.378 bits per heavy atom. The van der Waals surface area contributed by atoms with Crippen LogP contribution in [-0.2, 0) is 5.41 Å².